The summed E-state index contributed by atoms with van der Waals surface area (Å²) in [6.45, 7) is 5.46. The minimum Gasteiger partial charge on any atom is -0.481 e. The second-order valence-corrected chi connectivity index (χ2v) is 5.02. The van der Waals surface area contributed by atoms with Crippen LogP contribution in [0.3, 0.4) is 0 Å². The molecule has 0 aliphatic carbocycles. The molecule has 0 saturated heterocycles. The van der Waals surface area contributed by atoms with Gasteiger partial charge < -0.3 is 10.1 Å². The Balaban J connectivity index is 2.39. The number of hydrogen-bond acceptors (Lipinski definition) is 4. The number of H-pyrrole nitrogens is 1. The van der Waals surface area contributed by atoms with E-state index < -0.39 is 11.9 Å². The number of carboxylic acids is 1. The molecular weight excluding hydrogens is 272 g/mol. The third kappa shape index (κ3) is 3.01. The fraction of sp³-hybridized carbons (Fsp3) is 0.429. The molecule has 0 aromatic carbocycles. The van der Waals surface area contributed by atoms with Crippen LogP contribution in [0.1, 0.15) is 35.5 Å². The van der Waals surface area contributed by atoms with Gasteiger partial charge in [0.25, 0.3) is 0 Å². The Morgan fingerprint density at radius 1 is 1.48 bits per heavy atom. The first-order chi connectivity index (χ1) is 9.91. The zero-order valence-electron chi connectivity index (χ0n) is 12.3. The third-order valence-corrected chi connectivity index (χ3v) is 3.64. The fourth-order valence-electron chi connectivity index (χ4n) is 2.48. The summed E-state index contributed by atoms with van der Waals surface area (Å²) < 4.78 is 1.52. The number of nitrogens with zero attached hydrogens (tertiary/aromatic N) is 3. The van der Waals surface area contributed by atoms with Crippen LogP contribution < -0.4 is 5.69 Å². The van der Waals surface area contributed by atoms with E-state index in [9.17, 15) is 14.7 Å². The molecule has 0 spiro atoms. The predicted octanol–water partition coefficient (Wildman–Crippen LogP) is 1.01. The van der Waals surface area contributed by atoms with Gasteiger partial charge in [0.1, 0.15) is 0 Å². The Hall–Kier alpha value is -2.44. The van der Waals surface area contributed by atoms with Crippen molar-refractivity contribution in [1.29, 1.82) is 0 Å². The number of imidazole rings is 1. The zero-order chi connectivity index (χ0) is 15.6. The highest BCUT2D eigenvalue weighted by Gasteiger charge is 2.22. The quantitative estimate of drug-likeness (QED) is 0.856. The van der Waals surface area contributed by atoms with E-state index in [0.717, 1.165) is 5.69 Å². The van der Waals surface area contributed by atoms with Gasteiger partial charge in [-0.1, -0.05) is 0 Å². The van der Waals surface area contributed by atoms with Gasteiger partial charge in [-0.3, -0.25) is 9.36 Å². The molecule has 2 aromatic heterocycles. The maximum Gasteiger partial charge on any atom is 0.347 e. The lowest BCUT2D eigenvalue weighted by atomic mass is 9.98. The minimum absolute atomic E-state index is 0.356. The molecule has 0 aliphatic rings. The highest BCUT2D eigenvalue weighted by atomic mass is 16.4. The fourth-order valence-corrected chi connectivity index (χ4v) is 2.48. The first-order valence-corrected chi connectivity index (χ1v) is 6.69. The molecule has 0 bridgehead atoms. The number of aromatic nitrogens is 4. The Bertz CT molecular complexity index is 704. The minimum atomic E-state index is -0.929. The molecule has 7 nitrogen and oxygen atoms in total. The molecular formula is C14H18N4O3. The van der Waals surface area contributed by atoms with E-state index in [-0.39, 0.29) is 5.69 Å². The molecule has 0 fully saturated rings. The number of carboxylic acid groups (broad SMARTS) is 1. The van der Waals surface area contributed by atoms with Crippen LogP contribution in [-0.4, -0.2) is 30.6 Å². The van der Waals surface area contributed by atoms with Crippen molar-refractivity contribution in [3.05, 3.63) is 45.7 Å². The van der Waals surface area contributed by atoms with Crippen LogP contribution in [0.4, 0.5) is 0 Å². The van der Waals surface area contributed by atoms with Crippen molar-refractivity contribution in [1.82, 2.24) is 19.5 Å². The van der Waals surface area contributed by atoms with E-state index in [4.69, 9.17) is 0 Å². The van der Waals surface area contributed by atoms with Crippen molar-refractivity contribution in [2.24, 2.45) is 0 Å². The number of rotatable bonds is 5. The first-order valence-electron chi connectivity index (χ1n) is 6.69. The highest BCUT2D eigenvalue weighted by Crippen LogP contribution is 2.21. The van der Waals surface area contributed by atoms with Gasteiger partial charge >= 0.3 is 11.7 Å². The molecule has 0 radical (unpaired) electrons. The Kier molecular flexibility index (Phi) is 4.21. The predicted molar refractivity (Wildman–Crippen MR) is 76.3 cm³/mol. The number of aliphatic carboxylic acids is 1. The number of nitrogens with one attached hydrogen (secondary N) is 1. The van der Waals surface area contributed by atoms with Crippen molar-refractivity contribution in [3.8, 4) is 0 Å². The molecule has 7 heteroatoms. The zero-order valence-corrected chi connectivity index (χ0v) is 12.3. The van der Waals surface area contributed by atoms with Gasteiger partial charge in [0, 0.05) is 41.8 Å². The summed E-state index contributed by atoms with van der Waals surface area (Å²) in [5.41, 5.74) is 2.29. The summed E-state index contributed by atoms with van der Waals surface area (Å²) in [6.07, 6.45) is 3.88. The molecule has 0 saturated carbocycles. The van der Waals surface area contributed by atoms with Gasteiger partial charge in [-0.15, -0.1) is 0 Å². The molecule has 1 atom stereocenters. The van der Waals surface area contributed by atoms with Gasteiger partial charge in [0.05, 0.1) is 12.2 Å². The summed E-state index contributed by atoms with van der Waals surface area (Å²) >= 11 is 0. The van der Waals surface area contributed by atoms with Crippen molar-refractivity contribution >= 4 is 5.97 Å². The number of carbonyl (C=O) groups is 1. The van der Waals surface area contributed by atoms with Gasteiger partial charge in [0.15, 0.2) is 0 Å². The molecule has 2 heterocycles. The maximum atomic E-state index is 12.0. The number of aromatic amines is 1. The largest absolute Gasteiger partial charge is 0.481 e. The molecule has 0 amide bonds. The molecule has 0 aliphatic heterocycles. The molecule has 1 unspecified atom stereocenters. The van der Waals surface area contributed by atoms with Crippen LogP contribution in [-0.2, 0) is 17.8 Å². The molecule has 2 rings (SSSR count). The summed E-state index contributed by atoms with van der Waals surface area (Å²) in [6, 6.07) is 0. The lowest BCUT2D eigenvalue weighted by molar-refractivity contribution is -0.138. The van der Waals surface area contributed by atoms with Crippen LogP contribution in [0.15, 0.2) is 17.3 Å². The molecule has 2 aromatic rings. The van der Waals surface area contributed by atoms with E-state index in [1.165, 1.54) is 4.57 Å². The van der Waals surface area contributed by atoms with Crippen molar-refractivity contribution in [2.75, 3.05) is 0 Å². The monoisotopic (exact) mass is 290 g/mol. The summed E-state index contributed by atoms with van der Waals surface area (Å²) in [5.74, 6) is -1.63. The van der Waals surface area contributed by atoms with Crippen molar-refractivity contribution < 1.29 is 9.90 Å². The van der Waals surface area contributed by atoms with Crippen LogP contribution >= 0.6 is 0 Å². The van der Waals surface area contributed by atoms with E-state index in [1.54, 1.807) is 33.3 Å². The molecule has 112 valence electrons. The van der Waals surface area contributed by atoms with E-state index in [1.807, 2.05) is 0 Å². The first kappa shape index (κ1) is 15.0. The number of aryl methyl sites for hydroxylation is 2. The normalized spacial score (nSPS) is 12.3. The van der Waals surface area contributed by atoms with Crippen molar-refractivity contribution in [3.63, 3.8) is 0 Å². The summed E-state index contributed by atoms with van der Waals surface area (Å²) in [7, 11) is 0. The van der Waals surface area contributed by atoms with Gasteiger partial charge in [-0.05, 0) is 20.8 Å². The van der Waals surface area contributed by atoms with Crippen LogP contribution in [0.25, 0.3) is 0 Å². The van der Waals surface area contributed by atoms with E-state index >= 15 is 0 Å². The molecule has 2 N–H and O–H groups in total. The summed E-state index contributed by atoms with van der Waals surface area (Å²) in [5, 5.41) is 9.20. The highest BCUT2D eigenvalue weighted by molar-refractivity contribution is 5.76. The second kappa shape index (κ2) is 5.90. The topological polar surface area (TPSA) is 101 Å². The lowest BCUT2D eigenvalue weighted by Crippen LogP contribution is -2.30. The van der Waals surface area contributed by atoms with Crippen LogP contribution in [0.5, 0.6) is 0 Å². The summed E-state index contributed by atoms with van der Waals surface area (Å²) in [4.78, 5) is 34.1. The molecule has 21 heavy (non-hydrogen) atoms. The van der Waals surface area contributed by atoms with Crippen molar-refractivity contribution in [2.45, 2.75) is 39.7 Å². The average Bonchev–Trinajstić information content (AvgIpc) is 2.90. The Morgan fingerprint density at radius 2 is 2.19 bits per heavy atom. The maximum absolute atomic E-state index is 12.0. The Labute approximate surface area is 121 Å². The van der Waals surface area contributed by atoms with Gasteiger partial charge in [0.2, 0.25) is 0 Å². The van der Waals surface area contributed by atoms with Gasteiger partial charge in [-0.25, -0.2) is 9.78 Å². The second-order valence-electron chi connectivity index (χ2n) is 5.02. The standard InChI is InChI=1S/C14H18N4O3/c1-8(13(19)20)12-9(2)17-14(21)18(10(12)3)5-4-11-6-15-7-16-11/h6-8H,4-5H2,1-3H3,(H,15,16)(H,19,20). The van der Waals surface area contributed by atoms with E-state index in [0.29, 0.717) is 29.9 Å². The SMILES string of the molecule is Cc1nc(=O)n(CCc2cnc[nH]2)c(C)c1C(C)C(=O)O. The van der Waals surface area contributed by atoms with Gasteiger partial charge in [-0.2, -0.15) is 4.98 Å². The Morgan fingerprint density at radius 3 is 2.76 bits per heavy atom. The number of hydrogen-bond donors (Lipinski definition) is 2. The lowest BCUT2D eigenvalue weighted by Gasteiger charge is -2.17. The van der Waals surface area contributed by atoms with Crippen LogP contribution in [0, 0.1) is 13.8 Å². The van der Waals surface area contributed by atoms with Crippen LogP contribution in [0.2, 0.25) is 0 Å². The third-order valence-electron chi connectivity index (χ3n) is 3.64. The van der Waals surface area contributed by atoms with E-state index in [2.05, 4.69) is 15.0 Å². The smallest absolute Gasteiger partial charge is 0.347 e. The average molecular weight is 290 g/mol.